The van der Waals surface area contributed by atoms with Crippen LogP contribution in [0, 0.1) is 17.0 Å². The molecule has 0 aliphatic carbocycles. The third kappa shape index (κ3) is 4.22. The quantitative estimate of drug-likeness (QED) is 0.363. The SMILES string of the molecule is Cc1ccccc1Cn1ccc(NC(=O)c2ccn(Cn3cnc([N+](=O)[O-])n3)n2)n1. The molecule has 30 heavy (non-hydrogen) atoms. The molecule has 1 aromatic carbocycles. The Labute approximate surface area is 169 Å². The molecule has 0 bridgehead atoms. The van der Waals surface area contributed by atoms with Crippen molar-refractivity contribution < 1.29 is 9.72 Å². The highest BCUT2D eigenvalue weighted by Crippen LogP contribution is 2.11. The number of rotatable bonds is 7. The van der Waals surface area contributed by atoms with Gasteiger partial charge in [0.05, 0.1) is 6.54 Å². The Kier molecular flexibility index (Phi) is 5.03. The number of nitro groups is 1. The Hall–Kier alpha value is -4.35. The summed E-state index contributed by atoms with van der Waals surface area (Å²) in [5.41, 5.74) is 2.49. The molecule has 3 heterocycles. The third-order valence-corrected chi connectivity index (χ3v) is 4.33. The molecule has 3 aromatic heterocycles. The van der Waals surface area contributed by atoms with Crippen molar-refractivity contribution in [2.75, 3.05) is 5.32 Å². The Morgan fingerprint density at radius 1 is 1.07 bits per heavy atom. The van der Waals surface area contributed by atoms with Crippen LogP contribution < -0.4 is 5.32 Å². The van der Waals surface area contributed by atoms with E-state index in [0.29, 0.717) is 12.4 Å². The first-order valence-electron chi connectivity index (χ1n) is 8.94. The summed E-state index contributed by atoms with van der Waals surface area (Å²) in [7, 11) is 0. The van der Waals surface area contributed by atoms with Crippen LogP contribution in [0.4, 0.5) is 11.8 Å². The highest BCUT2D eigenvalue weighted by Gasteiger charge is 2.15. The molecule has 12 heteroatoms. The minimum Gasteiger partial charge on any atom is -0.390 e. The van der Waals surface area contributed by atoms with Gasteiger partial charge < -0.3 is 15.4 Å². The molecule has 0 aliphatic rings. The molecule has 0 fully saturated rings. The molecule has 0 saturated heterocycles. The van der Waals surface area contributed by atoms with E-state index in [2.05, 4.69) is 25.6 Å². The maximum absolute atomic E-state index is 12.4. The van der Waals surface area contributed by atoms with Crippen LogP contribution in [-0.4, -0.2) is 45.2 Å². The zero-order valence-corrected chi connectivity index (χ0v) is 15.9. The summed E-state index contributed by atoms with van der Waals surface area (Å²) in [6, 6.07) is 11.3. The number of aromatic nitrogens is 7. The molecule has 0 aliphatic heterocycles. The highest BCUT2D eigenvalue weighted by atomic mass is 16.6. The molecule has 0 radical (unpaired) electrons. The topological polar surface area (TPSA) is 139 Å². The number of hydrogen-bond donors (Lipinski definition) is 1. The molecule has 0 atom stereocenters. The van der Waals surface area contributed by atoms with E-state index in [1.54, 1.807) is 23.1 Å². The van der Waals surface area contributed by atoms with Crippen molar-refractivity contribution in [2.24, 2.45) is 0 Å². The van der Waals surface area contributed by atoms with E-state index < -0.39 is 16.8 Å². The van der Waals surface area contributed by atoms with Crippen molar-refractivity contribution in [3.63, 3.8) is 0 Å². The number of nitrogens with zero attached hydrogens (tertiary/aromatic N) is 8. The van der Waals surface area contributed by atoms with Gasteiger partial charge in [0.15, 0.2) is 18.2 Å². The van der Waals surface area contributed by atoms with Crippen LogP contribution >= 0.6 is 0 Å². The van der Waals surface area contributed by atoms with Gasteiger partial charge in [-0.3, -0.25) is 9.48 Å². The molecule has 4 rings (SSSR count). The van der Waals surface area contributed by atoms with E-state index in [4.69, 9.17) is 0 Å². The summed E-state index contributed by atoms with van der Waals surface area (Å²) in [5.74, 6) is -0.504. The first-order chi connectivity index (χ1) is 14.5. The van der Waals surface area contributed by atoms with Crippen LogP contribution in [0.1, 0.15) is 21.6 Å². The fourth-order valence-electron chi connectivity index (χ4n) is 2.81. The van der Waals surface area contributed by atoms with Crippen LogP contribution in [0.3, 0.4) is 0 Å². The number of aryl methyl sites for hydroxylation is 1. The van der Waals surface area contributed by atoms with Crippen LogP contribution in [-0.2, 0) is 13.2 Å². The summed E-state index contributed by atoms with van der Waals surface area (Å²) in [5, 5.41) is 25.6. The fourth-order valence-corrected chi connectivity index (χ4v) is 2.81. The summed E-state index contributed by atoms with van der Waals surface area (Å²) in [6.07, 6.45) is 4.58. The maximum Gasteiger partial charge on any atom is 0.491 e. The van der Waals surface area contributed by atoms with Gasteiger partial charge in [-0.25, -0.2) is 4.68 Å². The van der Waals surface area contributed by atoms with Gasteiger partial charge in [0.1, 0.15) is 0 Å². The van der Waals surface area contributed by atoms with Gasteiger partial charge in [0.25, 0.3) is 5.91 Å². The standard InChI is InChI=1S/C18H17N9O3/c1-13-4-2-3-5-14(13)10-24-9-7-16(22-24)20-17(28)15-6-8-25(21-15)12-26-11-19-18(23-26)27(29)30/h2-9,11H,10,12H2,1H3,(H,20,22,28). The predicted molar refractivity (Wildman–Crippen MR) is 105 cm³/mol. The summed E-state index contributed by atoms with van der Waals surface area (Å²) in [4.78, 5) is 26.0. The molecule has 0 spiro atoms. The predicted octanol–water partition coefficient (Wildman–Crippen LogP) is 1.69. The van der Waals surface area contributed by atoms with Gasteiger partial charge in [0, 0.05) is 23.6 Å². The van der Waals surface area contributed by atoms with Gasteiger partial charge in [0.2, 0.25) is 6.33 Å². The number of benzene rings is 1. The van der Waals surface area contributed by atoms with Gasteiger partial charge >= 0.3 is 5.95 Å². The Morgan fingerprint density at radius 2 is 1.87 bits per heavy atom. The molecule has 152 valence electrons. The molecule has 4 aromatic rings. The first kappa shape index (κ1) is 19.0. The molecule has 1 amide bonds. The van der Waals surface area contributed by atoms with Crippen LogP contribution in [0.5, 0.6) is 0 Å². The highest BCUT2D eigenvalue weighted by molar-refractivity contribution is 6.02. The minimum atomic E-state index is -0.684. The summed E-state index contributed by atoms with van der Waals surface area (Å²) >= 11 is 0. The van der Waals surface area contributed by atoms with Crippen molar-refractivity contribution in [1.82, 2.24) is 34.3 Å². The van der Waals surface area contributed by atoms with Crippen molar-refractivity contribution in [3.8, 4) is 0 Å². The molecular weight excluding hydrogens is 390 g/mol. The molecule has 0 unspecified atom stereocenters. The number of hydrogen-bond acceptors (Lipinski definition) is 7. The number of carbonyl (C=O) groups is 1. The van der Waals surface area contributed by atoms with Gasteiger partial charge in [-0.2, -0.15) is 14.9 Å². The Morgan fingerprint density at radius 3 is 2.63 bits per heavy atom. The lowest BCUT2D eigenvalue weighted by Crippen LogP contribution is -2.15. The van der Waals surface area contributed by atoms with Crippen LogP contribution in [0.25, 0.3) is 0 Å². The van der Waals surface area contributed by atoms with E-state index in [0.717, 1.165) is 5.56 Å². The van der Waals surface area contributed by atoms with Crippen molar-refractivity contribution in [2.45, 2.75) is 20.1 Å². The normalized spacial score (nSPS) is 10.8. The van der Waals surface area contributed by atoms with Crippen molar-refractivity contribution >= 4 is 17.7 Å². The smallest absolute Gasteiger partial charge is 0.390 e. The van der Waals surface area contributed by atoms with Crippen molar-refractivity contribution in [3.05, 3.63) is 82.1 Å². The van der Waals surface area contributed by atoms with Crippen LogP contribution in [0.2, 0.25) is 0 Å². The van der Waals surface area contributed by atoms with E-state index in [-0.39, 0.29) is 12.4 Å². The maximum atomic E-state index is 12.4. The van der Waals surface area contributed by atoms with E-state index in [9.17, 15) is 14.9 Å². The average molecular weight is 407 g/mol. The average Bonchev–Trinajstić information content (AvgIpc) is 3.45. The zero-order valence-electron chi connectivity index (χ0n) is 15.9. The lowest BCUT2D eigenvalue weighted by molar-refractivity contribution is -0.394. The largest absolute Gasteiger partial charge is 0.491 e. The minimum absolute atomic E-state index is 0.0825. The molecule has 12 nitrogen and oxygen atoms in total. The monoisotopic (exact) mass is 407 g/mol. The zero-order chi connectivity index (χ0) is 21.1. The number of anilines is 1. The summed E-state index contributed by atoms with van der Waals surface area (Å²) < 4.78 is 4.42. The number of amides is 1. The second-order valence-electron chi connectivity index (χ2n) is 6.50. The second-order valence-corrected chi connectivity index (χ2v) is 6.50. The Balaban J connectivity index is 1.38. The lowest BCUT2D eigenvalue weighted by Gasteiger charge is -2.05. The van der Waals surface area contributed by atoms with Crippen molar-refractivity contribution in [1.29, 1.82) is 0 Å². The molecule has 1 N–H and O–H groups in total. The summed E-state index contributed by atoms with van der Waals surface area (Å²) in [6.45, 7) is 2.72. The third-order valence-electron chi connectivity index (χ3n) is 4.33. The number of carbonyl (C=O) groups excluding carboxylic acids is 1. The molecular formula is C18H17N9O3. The van der Waals surface area contributed by atoms with E-state index >= 15 is 0 Å². The van der Waals surface area contributed by atoms with E-state index in [1.165, 1.54) is 27.3 Å². The number of nitrogens with one attached hydrogen (secondary N) is 1. The fraction of sp³-hybridized carbons (Fsp3) is 0.167. The Bertz CT molecular complexity index is 1210. The second kappa shape index (κ2) is 7.95. The molecule has 0 saturated carbocycles. The van der Waals surface area contributed by atoms with Gasteiger partial charge in [-0.15, -0.1) is 0 Å². The van der Waals surface area contributed by atoms with Gasteiger partial charge in [-0.1, -0.05) is 29.2 Å². The first-order valence-corrected chi connectivity index (χ1v) is 8.94. The lowest BCUT2D eigenvalue weighted by atomic mass is 10.1. The van der Waals surface area contributed by atoms with Gasteiger partial charge in [-0.05, 0) is 29.0 Å². The van der Waals surface area contributed by atoms with Crippen LogP contribution in [0.15, 0.2) is 55.1 Å². The van der Waals surface area contributed by atoms with E-state index in [1.807, 2.05) is 31.2 Å².